The highest BCUT2D eigenvalue weighted by atomic mass is 19.4. The van der Waals surface area contributed by atoms with Gasteiger partial charge < -0.3 is 14.4 Å². The summed E-state index contributed by atoms with van der Waals surface area (Å²) in [4.78, 5) is 14.0. The van der Waals surface area contributed by atoms with Crippen molar-refractivity contribution in [1.82, 2.24) is 4.90 Å². The van der Waals surface area contributed by atoms with Crippen LogP contribution in [0.1, 0.15) is 34.0 Å². The van der Waals surface area contributed by atoms with Crippen LogP contribution in [-0.2, 0) is 11.8 Å². The number of carbonyl (C=O) groups excluding carboxylic acids is 1. The number of methoxy groups -OCH3 is 1. The molecule has 0 bridgehead atoms. The predicted molar refractivity (Wildman–Crippen MR) is 104 cm³/mol. The topological polar surface area (TPSA) is 62.6 Å². The second-order valence-electron chi connectivity index (χ2n) is 7.63. The molecule has 2 aromatic carbocycles. The van der Waals surface area contributed by atoms with Crippen molar-refractivity contribution in [3.8, 4) is 17.6 Å². The van der Waals surface area contributed by atoms with Crippen molar-refractivity contribution in [3.63, 3.8) is 0 Å². The number of likely N-dealkylation sites (tertiary alicyclic amines) is 1. The minimum absolute atomic E-state index is 0.0931. The largest absolute Gasteiger partial charge is 0.494 e. The number of rotatable bonds is 5. The Bertz CT molecular complexity index is 1120. The molecule has 2 aromatic rings. The Balaban J connectivity index is 1.89. The summed E-state index contributed by atoms with van der Waals surface area (Å²) in [7, 11) is 1.10. The summed E-state index contributed by atoms with van der Waals surface area (Å²) >= 11 is 0. The molecule has 1 saturated heterocycles. The molecule has 12 heteroatoms. The zero-order valence-electron chi connectivity index (χ0n) is 17.7. The van der Waals surface area contributed by atoms with Crippen LogP contribution in [0.5, 0.6) is 11.5 Å². The molecular formula is C22H17F7N2O3. The maximum absolute atomic E-state index is 15.2. The summed E-state index contributed by atoms with van der Waals surface area (Å²) in [6.07, 6.45) is -11.7. The molecule has 1 amide bonds. The van der Waals surface area contributed by atoms with E-state index in [-0.39, 0.29) is 16.9 Å². The van der Waals surface area contributed by atoms with Gasteiger partial charge in [-0.15, -0.1) is 0 Å². The van der Waals surface area contributed by atoms with Gasteiger partial charge >= 0.3 is 12.4 Å². The van der Waals surface area contributed by atoms with E-state index >= 15 is 4.39 Å². The van der Waals surface area contributed by atoms with E-state index in [1.165, 1.54) is 0 Å². The van der Waals surface area contributed by atoms with Crippen molar-refractivity contribution in [2.45, 2.75) is 31.0 Å². The number of alkyl halides is 7. The van der Waals surface area contributed by atoms with Gasteiger partial charge in [-0.1, -0.05) is 12.1 Å². The zero-order chi connectivity index (χ0) is 25.5. The van der Waals surface area contributed by atoms with Gasteiger partial charge in [0.15, 0.2) is 17.5 Å². The highest BCUT2D eigenvalue weighted by Crippen LogP contribution is 2.42. The normalized spacial score (nSPS) is 16.3. The van der Waals surface area contributed by atoms with Crippen LogP contribution in [0.3, 0.4) is 0 Å². The molecule has 1 fully saturated rings. The van der Waals surface area contributed by atoms with Crippen LogP contribution in [-0.4, -0.2) is 43.3 Å². The first-order chi connectivity index (χ1) is 15.7. The third kappa shape index (κ3) is 4.73. The summed E-state index contributed by atoms with van der Waals surface area (Å²) < 4.78 is 102. The molecule has 1 heterocycles. The molecule has 0 N–H and O–H groups in total. The molecule has 0 aromatic heterocycles. The third-order valence-corrected chi connectivity index (χ3v) is 5.32. The minimum atomic E-state index is -4.76. The number of benzene rings is 2. The van der Waals surface area contributed by atoms with Gasteiger partial charge in [0.25, 0.3) is 5.91 Å². The molecule has 0 radical (unpaired) electrons. The fourth-order valence-electron chi connectivity index (χ4n) is 3.42. The van der Waals surface area contributed by atoms with Crippen LogP contribution in [0, 0.1) is 11.3 Å². The average Bonchev–Trinajstić information content (AvgIpc) is 2.74. The lowest BCUT2D eigenvalue weighted by Crippen LogP contribution is -2.58. The Kier molecular flexibility index (Phi) is 6.43. The number of nitriles is 1. The van der Waals surface area contributed by atoms with Gasteiger partial charge in [-0.3, -0.25) is 4.79 Å². The first-order valence-electron chi connectivity index (χ1n) is 9.71. The number of amides is 1. The van der Waals surface area contributed by atoms with E-state index in [1.54, 1.807) is 6.07 Å². The van der Waals surface area contributed by atoms with Gasteiger partial charge in [0.2, 0.25) is 0 Å². The maximum atomic E-state index is 15.2. The van der Waals surface area contributed by atoms with Crippen LogP contribution < -0.4 is 9.47 Å². The minimum Gasteiger partial charge on any atom is -0.494 e. The van der Waals surface area contributed by atoms with Crippen molar-refractivity contribution >= 4 is 5.91 Å². The summed E-state index contributed by atoms with van der Waals surface area (Å²) in [5.74, 6) is -1.82. The second kappa shape index (κ2) is 8.70. The van der Waals surface area contributed by atoms with E-state index in [2.05, 4.69) is 0 Å². The highest BCUT2D eigenvalue weighted by Gasteiger charge is 2.49. The van der Waals surface area contributed by atoms with E-state index in [0.717, 1.165) is 43.2 Å². The number of halogens is 7. The number of ether oxygens (including phenoxy) is 2. The fourth-order valence-corrected chi connectivity index (χ4v) is 3.42. The lowest BCUT2D eigenvalue weighted by Gasteiger charge is -2.45. The monoisotopic (exact) mass is 490 g/mol. The van der Waals surface area contributed by atoms with Gasteiger partial charge in [0, 0.05) is 0 Å². The number of carbonyl (C=O) groups is 1. The van der Waals surface area contributed by atoms with Crippen LogP contribution in [0.4, 0.5) is 30.7 Å². The highest BCUT2D eigenvalue weighted by molar-refractivity contribution is 6.01. The van der Waals surface area contributed by atoms with Crippen LogP contribution >= 0.6 is 0 Å². The number of hydrogen-bond acceptors (Lipinski definition) is 4. The summed E-state index contributed by atoms with van der Waals surface area (Å²) in [6.45, 7) is -0.434. The molecule has 1 aliphatic rings. The van der Waals surface area contributed by atoms with E-state index < -0.39 is 60.0 Å². The van der Waals surface area contributed by atoms with E-state index in [0.29, 0.717) is 12.1 Å². The van der Waals surface area contributed by atoms with Crippen molar-refractivity contribution in [2.24, 2.45) is 0 Å². The van der Waals surface area contributed by atoms with Gasteiger partial charge in [0.05, 0.1) is 31.3 Å². The van der Waals surface area contributed by atoms with Crippen molar-refractivity contribution < 1.29 is 45.0 Å². The van der Waals surface area contributed by atoms with Crippen molar-refractivity contribution in [3.05, 3.63) is 58.7 Å². The van der Waals surface area contributed by atoms with E-state index in [4.69, 9.17) is 9.47 Å². The average molecular weight is 490 g/mol. The number of nitrogens with zero attached hydrogens (tertiary/aromatic N) is 2. The van der Waals surface area contributed by atoms with Crippen LogP contribution in [0.2, 0.25) is 0 Å². The standard InChI is InChI=1S/C22H17F7N2O3/c1-12(21(24,25)26)34-16-8-3-13(9-30)18(33-2)17(16)19(32)31-10-20(23,11-31)14-4-6-15(7-5-14)22(27,28)29/h3-8,12H,10-11H2,1-2H3/t12-/m0/s1. The lowest BCUT2D eigenvalue weighted by molar-refractivity contribution is -0.189. The molecule has 1 aliphatic heterocycles. The Hall–Kier alpha value is -3.49. The van der Waals surface area contributed by atoms with Gasteiger partial charge in [0.1, 0.15) is 17.4 Å². The summed E-state index contributed by atoms with van der Waals surface area (Å²) in [5.41, 5.74) is -3.88. The molecule has 0 spiro atoms. The fraction of sp³-hybridized carbons (Fsp3) is 0.364. The Morgan fingerprint density at radius 3 is 2.15 bits per heavy atom. The first kappa shape index (κ1) is 25.1. The smallest absolute Gasteiger partial charge is 0.425 e. The van der Waals surface area contributed by atoms with Gasteiger partial charge in [-0.2, -0.15) is 31.6 Å². The van der Waals surface area contributed by atoms with E-state index in [9.17, 15) is 36.4 Å². The lowest BCUT2D eigenvalue weighted by atomic mass is 9.86. The van der Waals surface area contributed by atoms with Crippen molar-refractivity contribution in [2.75, 3.05) is 20.2 Å². The Labute approximate surface area is 189 Å². The quantitative estimate of drug-likeness (QED) is 0.539. The Morgan fingerprint density at radius 2 is 1.68 bits per heavy atom. The second-order valence-corrected chi connectivity index (χ2v) is 7.63. The summed E-state index contributed by atoms with van der Waals surface area (Å²) in [5, 5.41) is 9.26. The van der Waals surface area contributed by atoms with Crippen molar-refractivity contribution in [1.29, 1.82) is 5.26 Å². The number of hydrogen-bond donors (Lipinski definition) is 0. The van der Waals surface area contributed by atoms with Gasteiger partial charge in [-0.25, -0.2) is 4.39 Å². The van der Waals surface area contributed by atoms with E-state index in [1.807, 2.05) is 0 Å². The maximum Gasteiger partial charge on any atom is 0.425 e. The molecule has 0 aliphatic carbocycles. The summed E-state index contributed by atoms with van der Waals surface area (Å²) in [6, 6.07) is 7.22. The molecule has 34 heavy (non-hydrogen) atoms. The molecule has 5 nitrogen and oxygen atoms in total. The first-order valence-corrected chi connectivity index (χ1v) is 9.71. The zero-order valence-corrected chi connectivity index (χ0v) is 17.7. The third-order valence-electron chi connectivity index (χ3n) is 5.32. The molecule has 0 unspecified atom stereocenters. The molecule has 182 valence electrons. The van der Waals surface area contributed by atoms with Crippen LogP contribution in [0.15, 0.2) is 36.4 Å². The Morgan fingerprint density at radius 1 is 1.09 bits per heavy atom. The van der Waals surface area contributed by atoms with Crippen LogP contribution in [0.25, 0.3) is 0 Å². The molecule has 3 rings (SSSR count). The molecule has 1 atom stereocenters. The predicted octanol–water partition coefficient (Wildman–Crippen LogP) is 5.24. The van der Waals surface area contributed by atoms with Gasteiger partial charge in [-0.05, 0) is 36.8 Å². The SMILES string of the molecule is COc1c(C#N)ccc(O[C@@H](C)C(F)(F)F)c1C(=O)N1CC(F)(c2ccc(C(F)(F)F)cc2)C1. The molecule has 0 saturated carbocycles. The molecular weight excluding hydrogens is 473 g/mol.